The number of benzene rings is 1. The monoisotopic (exact) mass is 316 g/mol. The first-order valence-electron chi connectivity index (χ1n) is 5.65. The molecule has 20 heavy (non-hydrogen) atoms. The molecule has 8 heteroatoms. The van der Waals surface area contributed by atoms with Crippen molar-refractivity contribution in [3.05, 3.63) is 46.4 Å². The summed E-state index contributed by atoms with van der Waals surface area (Å²) in [6.07, 6.45) is -0.967. The summed E-state index contributed by atoms with van der Waals surface area (Å²) in [4.78, 5) is -0.338. The van der Waals surface area contributed by atoms with Crippen molar-refractivity contribution in [3.63, 3.8) is 0 Å². The van der Waals surface area contributed by atoms with Gasteiger partial charge in [-0.2, -0.15) is 11.3 Å². The molecule has 0 spiro atoms. The van der Waals surface area contributed by atoms with Gasteiger partial charge in [0, 0.05) is 6.54 Å². The van der Waals surface area contributed by atoms with Crippen LogP contribution in [-0.4, -0.2) is 20.1 Å². The topological polar surface area (TPSA) is 92.4 Å². The zero-order valence-corrected chi connectivity index (χ0v) is 11.9. The fourth-order valence-electron chi connectivity index (χ4n) is 1.60. The summed E-state index contributed by atoms with van der Waals surface area (Å²) < 4.78 is 39.5. The molecule has 0 amide bonds. The number of halogens is 1. The number of aliphatic hydroxyl groups excluding tert-OH is 1. The summed E-state index contributed by atoms with van der Waals surface area (Å²) in [6.45, 7) is -0.213. The Morgan fingerprint density at radius 2 is 2.15 bits per heavy atom. The van der Waals surface area contributed by atoms with Crippen molar-refractivity contribution in [2.75, 3.05) is 12.3 Å². The van der Waals surface area contributed by atoms with Gasteiger partial charge in [0.1, 0.15) is 10.7 Å². The predicted molar refractivity (Wildman–Crippen MR) is 75.3 cm³/mol. The molecule has 4 N–H and O–H groups in total. The molecule has 1 atom stereocenters. The molecule has 0 saturated heterocycles. The number of thiophene rings is 1. The molecular weight excluding hydrogens is 303 g/mol. The average Bonchev–Trinajstić information content (AvgIpc) is 2.93. The lowest BCUT2D eigenvalue weighted by molar-refractivity contribution is 0.182. The molecule has 0 aliphatic heterocycles. The standard InChI is InChI=1S/C12H13FN2O3S2/c13-9-2-1-3-11(12(9)14)20(17,18)15-6-10(16)8-4-5-19-7-8/h1-5,7,10,15-16H,6,14H2. The lowest BCUT2D eigenvalue weighted by atomic mass is 10.2. The van der Waals surface area contributed by atoms with Crippen LogP contribution in [0.25, 0.3) is 0 Å². The minimum Gasteiger partial charge on any atom is -0.395 e. The molecule has 2 rings (SSSR count). The third-order valence-corrected chi connectivity index (χ3v) is 4.88. The number of nitrogens with two attached hydrogens (primary N) is 1. The normalized spacial score (nSPS) is 13.3. The first-order valence-corrected chi connectivity index (χ1v) is 8.08. The highest BCUT2D eigenvalue weighted by atomic mass is 32.2. The van der Waals surface area contributed by atoms with E-state index in [-0.39, 0.29) is 11.4 Å². The van der Waals surface area contributed by atoms with Crippen molar-refractivity contribution in [2.45, 2.75) is 11.0 Å². The highest BCUT2D eigenvalue weighted by Crippen LogP contribution is 2.21. The van der Waals surface area contributed by atoms with Crippen LogP contribution in [0.5, 0.6) is 0 Å². The molecule has 1 heterocycles. The summed E-state index contributed by atoms with van der Waals surface area (Å²) in [7, 11) is -3.97. The van der Waals surface area contributed by atoms with E-state index in [4.69, 9.17) is 5.73 Å². The average molecular weight is 316 g/mol. The van der Waals surface area contributed by atoms with Gasteiger partial charge in [-0.3, -0.25) is 0 Å². The van der Waals surface area contributed by atoms with Gasteiger partial charge in [-0.05, 0) is 34.5 Å². The van der Waals surface area contributed by atoms with Gasteiger partial charge in [0.15, 0.2) is 0 Å². The minimum absolute atomic E-state index is 0.213. The number of anilines is 1. The van der Waals surface area contributed by atoms with Gasteiger partial charge in [-0.25, -0.2) is 17.5 Å². The number of rotatable bonds is 5. The van der Waals surface area contributed by atoms with Gasteiger partial charge in [0.05, 0.1) is 11.8 Å². The first-order chi connectivity index (χ1) is 9.42. The SMILES string of the molecule is Nc1c(F)cccc1S(=O)(=O)NCC(O)c1ccsc1. The summed E-state index contributed by atoms with van der Waals surface area (Å²) >= 11 is 1.40. The fourth-order valence-corrected chi connectivity index (χ4v) is 3.49. The number of nitrogens with one attached hydrogen (secondary N) is 1. The Morgan fingerprint density at radius 1 is 1.40 bits per heavy atom. The van der Waals surface area contributed by atoms with Crippen LogP contribution in [0, 0.1) is 5.82 Å². The van der Waals surface area contributed by atoms with Crippen molar-refractivity contribution >= 4 is 27.0 Å². The number of para-hydroxylation sites is 1. The summed E-state index contributed by atoms with van der Waals surface area (Å²) in [5.74, 6) is -0.800. The highest BCUT2D eigenvalue weighted by molar-refractivity contribution is 7.89. The number of nitrogen functional groups attached to an aromatic ring is 1. The molecule has 1 aromatic heterocycles. The molecule has 5 nitrogen and oxygen atoms in total. The van der Waals surface area contributed by atoms with Crippen molar-refractivity contribution in [1.29, 1.82) is 0 Å². The zero-order valence-electron chi connectivity index (χ0n) is 10.3. The van der Waals surface area contributed by atoms with E-state index < -0.39 is 27.6 Å². The van der Waals surface area contributed by atoms with E-state index in [1.54, 1.807) is 16.8 Å². The Bertz CT molecular complexity index is 687. The molecule has 0 fully saturated rings. The Hall–Kier alpha value is -1.48. The molecule has 0 saturated carbocycles. The molecule has 108 valence electrons. The maximum atomic E-state index is 13.3. The second kappa shape index (κ2) is 5.88. The Kier molecular flexibility index (Phi) is 4.39. The van der Waals surface area contributed by atoms with Gasteiger partial charge in [0.2, 0.25) is 10.0 Å². The van der Waals surface area contributed by atoms with E-state index in [9.17, 15) is 17.9 Å². The van der Waals surface area contributed by atoms with Crippen LogP contribution >= 0.6 is 11.3 Å². The molecule has 0 aliphatic rings. The quantitative estimate of drug-likeness (QED) is 0.729. The van der Waals surface area contributed by atoms with Crippen LogP contribution in [0.2, 0.25) is 0 Å². The van der Waals surface area contributed by atoms with Crippen LogP contribution in [0.4, 0.5) is 10.1 Å². The van der Waals surface area contributed by atoms with Crippen molar-refractivity contribution in [1.82, 2.24) is 4.72 Å². The second-order valence-corrected chi connectivity index (χ2v) is 6.59. The lowest BCUT2D eigenvalue weighted by Crippen LogP contribution is -2.29. The lowest BCUT2D eigenvalue weighted by Gasteiger charge is -2.12. The molecule has 1 unspecified atom stereocenters. The van der Waals surface area contributed by atoms with Crippen LogP contribution in [0.15, 0.2) is 39.9 Å². The maximum absolute atomic E-state index is 13.3. The first kappa shape index (κ1) is 14.9. The molecule has 0 aliphatic carbocycles. The fraction of sp³-hybridized carbons (Fsp3) is 0.167. The number of hydrogen-bond donors (Lipinski definition) is 3. The maximum Gasteiger partial charge on any atom is 0.242 e. The number of hydrogen-bond acceptors (Lipinski definition) is 5. The van der Waals surface area contributed by atoms with Crippen molar-refractivity contribution in [3.8, 4) is 0 Å². The van der Waals surface area contributed by atoms with Crippen LogP contribution in [-0.2, 0) is 10.0 Å². The van der Waals surface area contributed by atoms with E-state index >= 15 is 0 Å². The van der Waals surface area contributed by atoms with Gasteiger partial charge in [-0.15, -0.1) is 0 Å². The van der Waals surface area contributed by atoms with Crippen LogP contribution < -0.4 is 10.5 Å². The van der Waals surface area contributed by atoms with Crippen molar-refractivity contribution in [2.24, 2.45) is 0 Å². The molecule has 0 bridgehead atoms. The van der Waals surface area contributed by atoms with E-state index in [0.717, 1.165) is 6.07 Å². The minimum atomic E-state index is -3.97. The second-order valence-electron chi connectivity index (χ2n) is 4.08. The van der Waals surface area contributed by atoms with Gasteiger partial charge >= 0.3 is 0 Å². The third kappa shape index (κ3) is 3.15. The van der Waals surface area contributed by atoms with E-state index in [1.807, 2.05) is 0 Å². The van der Waals surface area contributed by atoms with Crippen LogP contribution in [0.1, 0.15) is 11.7 Å². The number of aliphatic hydroxyl groups is 1. The van der Waals surface area contributed by atoms with Gasteiger partial charge < -0.3 is 10.8 Å². The van der Waals surface area contributed by atoms with Gasteiger partial charge in [-0.1, -0.05) is 6.07 Å². The summed E-state index contributed by atoms with van der Waals surface area (Å²) in [6, 6.07) is 5.24. The van der Waals surface area contributed by atoms with E-state index in [2.05, 4.69) is 4.72 Å². The third-order valence-electron chi connectivity index (χ3n) is 2.70. The van der Waals surface area contributed by atoms with Crippen LogP contribution in [0.3, 0.4) is 0 Å². The molecule has 0 radical (unpaired) electrons. The van der Waals surface area contributed by atoms with Crippen molar-refractivity contribution < 1.29 is 17.9 Å². The molecule has 2 aromatic rings. The Morgan fingerprint density at radius 3 is 2.80 bits per heavy atom. The molecular formula is C12H13FN2O3S2. The predicted octanol–water partition coefficient (Wildman–Crippen LogP) is 1.48. The highest BCUT2D eigenvalue weighted by Gasteiger charge is 2.20. The molecule has 1 aromatic carbocycles. The smallest absolute Gasteiger partial charge is 0.242 e. The zero-order chi connectivity index (χ0) is 14.8. The Labute approximate surface area is 119 Å². The van der Waals surface area contributed by atoms with E-state index in [1.165, 1.54) is 23.5 Å². The van der Waals surface area contributed by atoms with E-state index in [0.29, 0.717) is 5.56 Å². The van der Waals surface area contributed by atoms with Gasteiger partial charge in [0.25, 0.3) is 0 Å². The summed E-state index contributed by atoms with van der Waals surface area (Å²) in [5.41, 5.74) is 5.59. The number of sulfonamides is 1. The largest absolute Gasteiger partial charge is 0.395 e. The Balaban J connectivity index is 2.14. The summed E-state index contributed by atoms with van der Waals surface area (Å²) in [5, 5.41) is 13.3.